The summed E-state index contributed by atoms with van der Waals surface area (Å²) in [5.41, 5.74) is 4.68. The molecule has 1 fully saturated rings. The summed E-state index contributed by atoms with van der Waals surface area (Å²) in [4.78, 5) is 11.8. The zero-order valence-electron chi connectivity index (χ0n) is 13.1. The molecule has 0 atom stereocenters. The Kier molecular flexibility index (Phi) is 4.18. The van der Waals surface area contributed by atoms with Crippen LogP contribution in [0, 0.1) is 13.8 Å². The molecular weight excluding hydrogens is 276 g/mol. The lowest BCUT2D eigenvalue weighted by molar-refractivity contribution is 0.139. The van der Waals surface area contributed by atoms with Crippen LogP contribution in [0.15, 0.2) is 36.4 Å². The molecule has 3 rings (SSSR count). The number of ether oxygens (including phenoxy) is 1. The average Bonchev–Trinajstić information content (AvgIpc) is 3.31. The summed E-state index contributed by atoms with van der Waals surface area (Å²) >= 11 is 0. The maximum Gasteiger partial charge on any atom is 0.407 e. The molecule has 1 aliphatic carbocycles. The van der Waals surface area contributed by atoms with Gasteiger partial charge in [0.2, 0.25) is 0 Å². The van der Waals surface area contributed by atoms with E-state index in [1.807, 2.05) is 30.3 Å². The van der Waals surface area contributed by atoms with Crippen LogP contribution in [0.2, 0.25) is 0 Å². The van der Waals surface area contributed by atoms with Gasteiger partial charge in [0.15, 0.2) is 0 Å². The third kappa shape index (κ3) is 3.32. The molecule has 0 bridgehead atoms. The Morgan fingerprint density at radius 3 is 2.68 bits per heavy atom. The van der Waals surface area contributed by atoms with Crippen molar-refractivity contribution in [1.82, 2.24) is 9.88 Å². The van der Waals surface area contributed by atoms with Gasteiger partial charge < -0.3 is 14.6 Å². The van der Waals surface area contributed by atoms with Crippen molar-refractivity contribution >= 4 is 6.09 Å². The Morgan fingerprint density at radius 1 is 1.27 bits per heavy atom. The van der Waals surface area contributed by atoms with Crippen molar-refractivity contribution < 1.29 is 9.53 Å². The Morgan fingerprint density at radius 2 is 2.00 bits per heavy atom. The van der Waals surface area contributed by atoms with E-state index in [9.17, 15) is 4.79 Å². The molecule has 0 aliphatic heterocycles. The standard InChI is InChI=1S/C18H22N2O2/c1-13-10-16(14(2)20(13)17-8-9-17)11-19-18(21)22-12-15-6-4-3-5-7-15/h3-7,10,17H,8-9,11-12H2,1-2H3,(H,19,21). The molecule has 1 aliphatic rings. The first kappa shape index (κ1) is 14.7. The quantitative estimate of drug-likeness (QED) is 0.910. The van der Waals surface area contributed by atoms with Gasteiger partial charge >= 0.3 is 6.09 Å². The highest BCUT2D eigenvalue weighted by Crippen LogP contribution is 2.38. The van der Waals surface area contributed by atoms with E-state index in [1.165, 1.54) is 29.8 Å². The molecule has 1 N–H and O–H groups in total. The predicted octanol–water partition coefficient (Wildman–Crippen LogP) is 3.87. The summed E-state index contributed by atoms with van der Waals surface area (Å²) in [7, 11) is 0. The van der Waals surface area contributed by atoms with Crippen LogP contribution in [0.25, 0.3) is 0 Å². The maximum absolute atomic E-state index is 11.8. The van der Waals surface area contributed by atoms with E-state index in [0.29, 0.717) is 19.2 Å². The second-order valence-corrected chi connectivity index (χ2v) is 5.91. The number of aromatic nitrogens is 1. The van der Waals surface area contributed by atoms with E-state index in [1.54, 1.807) is 0 Å². The first-order valence-corrected chi connectivity index (χ1v) is 7.77. The second kappa shape index (κ2) is 6.26. The Balaban J connectivity index is 1.52. The smallest absolute Gasteiger partial charge is 0.407 e. The molecule has 2 aromatic rings. The number of benzene rings is 1. The fraction of sp³-hybridized carbons (Fsp3) is 0.389. The van der Waals surface area contributed by atoms with Gasteiger partial charge in [-0.1, -0.05) is 30.3 Å². The summed E-state index contributed by atoms with van der Waals surface area (Å²) in [6, 6.07) is 12.5. The van der Waals surface area contributed by atoms with Gasteiger partial charge in [-0.05, 0) is 43.9 Å². The SMILES string of the molecule is Cc1cc(CNC(=O)OCc2ccccc2)c(C)n1C1CC1. The zero-order valence-corrected chi connectivity index (χ0v) is 13.1. The van der Waals surface area contributed by atoms with Crippen LogP contribution in [0.3, 0.4) is 0 Å². The van der Waals surface area contributed by atoms with Gasteiger partial charge in [0.25, 0.3) is 0 Å². The van der Waals surface area contributed by atoms with Crippen molar-refractivity contribution in [2.24, 2.45) is 0 Å². The highest BCUT2D eigenvalue weighted by atomic mass is 16.5. The van der Waals surface area contributed by atoms with Crippen molar-refractivity contribution in [3.05, 3.63) is 58.9 Å². The van der Waals surface area contributed by atoms with E-state index >= 15 is 0 Å². The molecule has 0 spiro atoms. The molecule has 4 heteroatoms. The van der Waals surface area contributed by atoms with Crippen LogP contribution >= 0.6 is 0 Å². The van der Waals surface area contributed by atoms with Crippen LogP contribution in [0.4, 0.5) is 4.79 Å². The van der Waals surface area contributed by atoms with E-state index in [4.69, 9.17) is 4.74 Å². The largest absolute Gasteiger partial charge is 0.445 e. The van der Waals surface area contributed by atoms with Gasteiger partial charge in [0.1, 0.15) is 6.61 Å². The summed E-state index contributed by atoms with van der Waals surface area (Å²) in [5.74, 6) is 0. The molecule has 1 amide bonds. The molecule has 1 aromatic heterocycles. The minimum atomic E-state index is -0.375. The second-order valence-electron chi connectivity index (χ2n) is 5.91. The van der Waals surface area contributed by atoms with Crippen LogP contribution in [-0.2, 0) is 17.9 Å². The molecule has 1 aromatic carbocycles. The normalized spacial score (nSPS) is 13.9. The first-order chi connectivity index (χ1) is 10.6. The highest BCUT2D eigenvalue weighted by Gasteiger charge is 2.26. The molecule has 0 saturated heterocycles. The van der Waals surface area contributed by atoms with E-state index in [2.05, 4.69) is 29.8 Å². The number of nitrogens with zero attached hydrogens (tertiary/aromatic N) is 1. The molecule has 0 radical (unpaired) electrons. The average molecular weight is 298 g/mol. The van der Waals surface area contributed by atoms with Crippen molar-refractivity contribution in [3.8, 4) is 0 Å². The fourth-order valence-corrected chi connectivity index (χ4v) is 2.86. The number of alkyl carbamates (subject to hydrolysis) is 1. The van der Waals surface area contributed by atoms with Gasteiger partial charge in [-0.2, -0.15) is 0 Å². The Labute approximate surface area is 131 Å². The summed E-state index contributed by atoms with van der Waals surface area (Å²) < 4.78 is 7.61. The first-order valence-electron chi connectivity index (χ1n) is 7.77. The number of carbonyl (C=O) groups excluding carboxylic acids is 1. The van der Waals surface area contributed by atoms with Gasteiger partial charge in [0, 0.05) is 24.0 Å². The van der Waals surface area contributed by atoms with Crippen LogP contribution in [-0.4, -0.2) is 10.7 Å². The molecule has 4 nitrogen and oxygen atoms in total. The highest BCUT2D eigenvalue weighted by molar-refractivity contribution is 5.67. The summed E-state index contributed by atoms with van der Waals surface area (Å²) in [5, 5.41) is 2.84. The Hall–Kier alpha value is -2.23. The molecule has 1 heterocycles. The van der Waals surface area contributed by atoms with Crippen LogP contribution < -0.4 is 5.32 Å². The van der Waals surface area contributed by atoms with Gasteiger partial charge in [-0.15, -0.1) is 0 Å². The Bertz CT molecular complexity index is 657. The van der Waals surface area contributed by atoms with Gasteiger partial charge in [-0.3, -0.25) is 0 Å². The zero-order chi connectivity index (χ0) is 15.5. The van der Waals surface area contributed by atoms with Crippen LogP contribution in [0.5, 0.6) is 0 Å². The minimum absolute atomic E-state index is 0.299. The van der Waals surface area contributed by atoms with Crippen molar-refractivity contribution in [2.75, 3.05) is 0 Å². The number of amides is 1. The maximum atomic E-state index is 11.8. The molecule has 22 heavy (non-hydrogen) atoms. The summed E-state index contributed by atoms with van der Waals surface area (Å²) in [6.07, 6.45) is 2.16. The lowest BCUT2D eigenvalue weighted by Crippen LogP contribution is -2.23. The lowest BCUT2D eigenvalue weighted by Gasteiger charge is -2.09. The number of rotatable bonds is 5. The van der Waals surface area contributed by atoms with Crippen molar-refractivity contribution in [1.29, 1.82) is 0 Å². The lowest BCUT2D eigenvalue weighted by atomic mass is 10.2. The number of carbonyl (C=O) groups is 1. The molecule has 116 valence electrons. The molecule has 1 saturated carbocycles. The number of aryl methyl sites for hydroxylation is 1. The van der Waals surface area contributed by atoms with Crippen molar-refractivity contribution in [3.63, 3.8) is 0 Å². The number of hydrogen-bond acceptors (Lipinski definition) is 2. The number of hydrogen-bond donors (Lipinski definition) is 1. The third-order valence-electron chi connectivity index (χ3n) is 4.14. The topological polar surface area (TPSA) is 43.3 Å². The predicted molar refractivity (Wildman–Crippen MR) is 85.6 cm³/mol. The van der Waals surface area contributed by atoms with Gasteiger partial charge in [-0.25, -0.2) is 4.79 Å². The van der Waals surface area contributed by atoms with Crippen LogP contribution in [0.1, 0.15) is 41.4 Å². The van der Waals surface area contributed by atoms with E-state index < -0.39 is 0 Å². The van der Waals surface area contributed by atoms with E-state index in [0.717, 1.165) is 5.56 Å². The molecule has 0 unspecified atom stereocenters. The third-order valence-corrected chi connectivity index (χ3v) is 4.14. The minimum Gasteiger partial charge on any atom is -0.445 e. The van der Waals surface area contributed by atoms with E-state index in [-0.39, 0.29) is 6.09 Å². The van der Waals surface area contributed by atoms with Crippen molar-refractivity contribution in [2.45, 2.75) is 45.9 Å². The summed E-state index contributed by atoms with van der Waals surface area (Å²) in [6.45, 7) is 5.06. The molecular formula is C18H22N2O2. The fourth-order valence-electron chi connectivity index (χ4n) is 2.86. The monoisotopic (exact) mass is 298 g/mol. The number of nitrogens with one attached hydrogen (secondary N) is 1. The van der Waals surface area contributed by atoms with Gasteiger partial charge in [0.05, 0.1) is 0 Å².